The fourth-order valence-electron chi connectivity index (χ4n) is 1.58. The summed E-state index contributed by atoms with van der Waals surface area (Å²) in [6.07, 6.45) is 0. The summed E-state index contributed by atoms with van der Waals surface area (Å²) in [5.74, 6) is -0.258. The molecule has 0 spiro atoms. The Balaban J connectivity index is 2.37. The van der Waals surface area contributed by atoms with Crippen LogP contribution in [-0.4, -0.2) is 13.5 Å². The molecule has 0 unspecified atom stereocenters. The van der Waals surface area contributed by atoms with Crippen molar-refractivity contribution in [2.75, 3.05) is 0 Å². The van der Waals surface area contributed by atoms with Crippen LogP contribution in [0, 0.1) is 0 Å². The summed E-state index contributed by atoms with van der Waals surface area (Å²) in [6.45, 7) is 0. The number of halogens is 1. The van der Waals surface area contributed by atoms with Crippen LogP contribution in [0.3, 0.4) is 0 Å². The third-order valence-electron chi connectivity index (χ3n) is 2.48. The predicted octanol–water partition coefficient (Wildman–Crippen LogP) is 3.02. The quantitative estimate of drug-likeness (QED) is 0.941. The fourth-order valence-corrected chi connectivity index (χ4v) is 3.28. The molecular weight excluding hydrogens is 272 g/mol. The van der Waals surface area contributed by atoms with Crippen molar-refractivity contribution in [1.82, 2.24) is 0 Å². The number of phenolic OH excluding ortho intramolecular Hbond substituents is 1. The number of sulfone groups is 1. The van der Waals surface area contributed by atoms with Gasteiger partial charge >= 0.3 is 0 Å². The van der Waals surface area contributed by atoms with Crippen molar-refractivity contribution >= 4 is 21.4 Å². The van der Waals surface area contributed by atoms with Gasteiger partial charge < -0.3 is 5.11 Å². The molecule has 0 heterocycles. The molecule has 5 heteroatoms. The molecule has 0 bridgehead atoms. The molecule has 0 aromatic heterocycles. The van der Waals surface area contributed by atoms with E-state index >= 15 is 0 Å². The average molecular weight is 283 g/mol. The summed E-state index contributed by atoms with van der Waals surface area (Å²) < 4.78 is 24.3. The number of aromatic hydroxyl groups is 1. The first kappa shape index (κ1) is 12.9. The Morgan fingerprint density at radius 3 is 2.44 bits per heavy atom. The zero-order chi connectivity index (χ0) is 13.2. The van der Waals surface area contributed by atoms with E-state index in [4.69, 9.17) is 11.6 Å². The lowest BCUT2D eigenvalue weighted by Crippen LogP contribution is -2.05. The summed E-state index contributed by atoms with van der Waals surface area (Å²) >= 11 is 5.94. The smallest absolute Gasteiger partial charge is 0.182 e. The lowest BCUT2D eigenvalue weighted by molar-refractivity contribution is 0.473. The molecule has 2 rings (SSSR count). The van der Waals surface area contributed by atoms with Crippen LogP contribution >= 0.6 is 11.6 Å². The van der Waals surface area contributed by atoms with Crippen molar-refractivity contribution in [1.29, 1.82) is 0 Å². The van der Waals surface area contributed by atoms with E-state index in [2.05, 4.69) is 0 Å². The highest BCUT2D eigenvalue weighted by Gasteiger charge is 2.17. The second kappa shape index (κ2) is 5.00. The van der Waals surface area contributed by atoms with Gasteiger partial charge in [0.2, 0.25) is 0 Å². The summed E-state index contributed by atoms with van der Waals surface area (Å²) in [4.78, 5) is 0.0856. The summed E-state index contributed by atoms with van der Waals surface area (Å²) in [7, 11) is -3.50. The number of phenols is 1. The van der Waals surface area contributed by atoms with Gasteiger partial charge in [0.1, 0.15) is 5.75 Å². The third-order valence-corrected chi connectivity index (χ3v) is 4.51. The third kappa shape index (κ3) is 2.83. The van der Waals surface area contributed by atoms with E-state index in [9.17, 15) is 13.5 Å². The SMILES string of the molecule is O=S(=O)(Cc1ccccc1Cl)c1cccc(O)c1. The van der Waals surface area contributed by atoms with Crippen molar-refractivity contribution in [3.05, 3.63) is 59.1 Å². The van der Waals surface area contributed by atoms with E-state index in [0.29, 0.717) is 10.6 Å². The normalized spacial score (nSPS) is 11.4. The highest BCUT2D eigenvalue weighted by molar-refractivity contribution is 7.90. The molecule has 2 aromatic carbocycles. The van der Waals surface area contributed by atoms with Crippen molar-refractivity contribution < 1.29 is 13.5 Å². The Kier molecular flexibility index (Phi) is 3.59. The molecule has 0 saturated carbocycles. The minimum atomic E-state index is -3.50. The lowest BCUT2D eigenvalue weighted by Gasteiger charge is -2.06. The van der Waals surface area contributed by atoms with Crippen LogP contribution in [0.2, 0.25) is 5.02 Å². The molecule has 0 atom stereocenters. The minimum Gasteiger partial charge on any atom is -0.508 e. The molecule has 0 aliphatic heterocycles. The summed E-state index contributed by atoms with van der Waals surface area (Å²) in [6, 6.07) is 12.4. The van der Waals surface area contributed by atoms with E-state index < -0.39 is 9.84 Å². The van der Waals surface area contributed by atoms with E-state index in [0.717, 1.165) is 0 Å². The first-order valence-electron chi connectivity index (χ1n) is 5.24. The largest absolute Gasteiger partial charge is 0.508 e. The van der Waals surface area contributed by atoms with Gasteiger partial charge in [-0.15, -0.1) is 0 Å². The number of hydrogen-bond donors (Lipinski definition) is 1. The zero-order valence-corrected chi connectivity index (χ0v) is 10.9. The van der Waals surface area contributed by atoms with Crippen molar-refractivity contribution in [2.24, 2.45) is 0 Å². The summed E-state index contributed by atoms with van der Waals surface area (Å²) in [5, 5.41) is 9.72. The predicted molar refractivity (Wildman–Crippen MR) is 70.4 cm³/mol. The van der Waals surface area contributed by atoms with Crippen molar-refractivity contribution in [2.45, 2.75) is 10.6 Å². The molecule has 0 radical (unpaired) electrons. The van der Waals surface area contributed by atoms with E-state index in [1.807, 2.05) is 0 Å². The highest BCUT2D eigenvalue weighted by Crippen LogP contribution is 2.23. The molecule has 2 aromatic rings. The fraction of sp³-hybridized carbons (Fsp3) is 0.0769. The zero-order valence-electron chi connectivity index (χ0n) is 9.38. The van der Waals surface area contributed by atoms with Gasteiger partial charge in [-0.05, 0) is 29.8 Å². The molecule has 1 N–H and O–H groups in total. The maximum Gasteiger partial charge on any atom is 0.182 e. The van der Waals surface area contributed by atoms with Gasteiger partial charge in [0.25, 0.3) is 0 Å². The van der Waals surface area contributed by atoms with Gasteiger partial charge in [0.05, 0.1) is 10.6 Å². The van der Waals surface area contributed by atoms with Gasteiger partial charge in [-0.2, -0.15) is 0 Å². The molecule has 0 aliphatic rings. The van der Waals surface area contributed by atoms with Gasteiger partial charge in [-0.1, -0.05) is 35.9 Å². The number of rotatable bonds is 3. The standard InChI is InChI=1S/C13H11ClO3S/c14-13-7-2-1-4-10(13)9-18(16,17)12-6-3-5-11(15)8-12/h1-8,15H,9H2. The molecule has 0 fully saturated rings. The highest BCUT2D eigenvalue weighted by atomic mass is 35.5. The molecule has 18 heavy (non-hydrogen) atoms. The second-order valence-corrected chi connectivity index (χ2v) is 6.24. The molecule has 94 valence electrons. The molecule has 3 nitrogen and oxygen atoms in total. The Hall–Kier alpha value is -1.52. The van der Waals surface area contributed by atoms with E-state index in [-0.39, 0.29) is 16.4 Å². The Morgan fingerprint density at radius 1 is 1.06 bits per heavy atom. The number of hydrogen-bond acceptors (Lipinski definition) is 3. The topological polar surface area (TPSA) is 54.4 Å². The molecule has 0 amide bonds. The van der Waals surface area contributed by atoms with Crippen LogP contribution in [0.1, 0.15) is 5.56 Å². The van der Waals surface area contributed by atoms with Gasteiger partial charge in [0, 0.05) is 5.02 Å². The maximum absolute atomic E-state index is 12.1. The molecule has 0 aliphatic carbocycles. The molecule has 0 saturated heterocycles. The van der Waals surface area contributed by atoms with Crippen LogP contribution < -0.4 is 0 Å². The van der Waals surface area contributed by atoms with Gasteiger partial charge in [0.15, 0.2) is 9.84 Å². The second-order valence-electron chi connectivity index (χ2n) is 3.85. The first-order valence-corrected chi connectivity index (χ1v) is 7.27. The van der Waals surface area contributed by atoms with Crippen LogP contribution in [0.5, 0.6) is 5.75 Å². The monoisotopic (exact) mass is 282 g/mol. The van der Waals surface area contributed by atoms with Crippen LogP contribution in [0.4, 0.5) is 0 Å². The lowest BCUT2D eigenvalue weighted by atomic mass is 10.2. The Morgan fingerprint density at radius 2 is 1.78 bits per heavy atom. The molecular formula is C13H11ClO3S. The minimum absolute atomic E-state index is 0.0739. The van der Waals surface area contributed by atoms with Gasteiger partial charge in [-0.3, -0.25) is 0 Å². The van der Waals surface area contributed by atoms with Crippen molar-refractivity contribution in [3.8, 4) is 5.75 Å². The average Bonchev–Trinajstić information content (AvgIpc) is 2.32. The van der Waals surface area contributed by atoms with E-state index in [1.165, 1.54) is 24.3 Å². The first-order chi connectivity index (χ1) is 8.49. The van der Waals surface area contributed by atoms with Crippen LogP contribution in [-0.2, 0) is 15.6 Å². The van der Waals surface area contributed by atoms with Crippen molar-refractivity contribution in [3.63, 3.8) is 0 Å². The van der Waals surface area contributed by atoms with E-state index in [1.54, 1.807) is 24.3 Å². The van der Waals surface area contributed by atoms with Crippen LogP contribution in [0.15, 0.2) is 53.4 Å². The summed E-state index contributed by atoms with van der Waals surface area (Å²) in [5.41, 5.74) is 0.544. The number of benzene rings is 2. The van der Waals surface area contributed by atoms with Gasteiger partial charge in [-0.25, -0.2) is 8.42 Å². The maximum atomic E-state index is 12.1. The Bertz CT molecular complexity index is 665. The van der Waals surface area contributed by atoms with Crippen LogP contribution in [0.25, 0.3) is 0 Å². The Labute approximate surface area is 111 Å².